The Bertz CT molecular complexity index is 280. The predicted octanol–water partition coefficient (Wildman–Crippen LogP) is 0.0720. The molecule has 2 N–H and O–H groups in total. The second-order valence-electron chi connectivity index (χ2n) is 4.69. The van der Waals surface area contributed by atoms with Crippen LogP contribution in [0.3, 0.4) is 0 Å². The maximum absolute atomic E-state index is 11.5. The molecule has 6 nitrogen and oxygen atoms in total. The van der Waals surface area contributed by atoms with E-state index in [2.05, 4.69) is 10.6 Å². The maximum Gasteiger partial charge on any atom is 0.245 e. The van der Waals surface area contributed by atoms with Gasteiger partial charge in [0.05, 0.1) is 19.8 Å². The van der Waals surface area contributed by atoms with Gasteiger partial charge in [0, 0.05) is 20.0 Å². The standard InChI is InChI=1S/C13H24N2O4/c1-14-13(17)10-19-8-7-18-6-5-15-12(16)9-11-3-2-4-11/h11H,2-10H2,1H3,(H,14,17)(H,15,16). The smallest absolute Gasteiger partial charge is 0.245 e. The monoisotopic (exact) mass is 272 g/mol. The summed E-state index contributed by atoms with van der Waals surface area (Å²) in [5.74, 6) is 0.562. The van der Waals surface area contributed by atoms with Crippen molar-refractivity contribution in [1.82, 2.24) is 10.6 Å². The third kappa shape index (κ3) is 7.79. The summed E-state index contributed by atoms with van der Waals surface area (Å²) in [6.07, 6.45) is 4.28. The predicted molar refractivity (Wildman–Crippen MR) is 70.7 cm³/mol. The first kappa shape index (κ1) is 15.9. The molecule has 0 aliphatic heterocycles. The lowest BCUT2D eigenvalue weighted by molar-refractivity contribution is -0.126. The topological polar surface area (TPSA) is 76.7 Å². The molecule has 0 aromatic heterocycles. The van der Waals surface area contributed by atoms with Gasteiger partial charge in [0.1, 0.15) is 6.61 Å². The molecule has 19 heavy (non-hydrogen) atoms. The van der Waals surface area contributed by atoms with Crippen LogP contribution in [0.2, 0.25) is 0 Å². The van der Waals surface area contributed by atoms with Crippen molar-refractivity contribution in [2.45, 2.75) is 25.7 Å². The molecule has 1 aliphatic rings. The molecule has 0 radical (unpaired) electrons. The summed E-state index contributed by atoms with van der Waals surface area (Å²) in [5, 5.41) is 5.29. The summed E-state index contributed by atoms with van der Waals surface area (Å²) in [6, 6.07) is 0. The van der Waals surface area contributed by atoms with Crippen molar-refractivity contribution < 1.29 is 19.1 Å². The number of hydrogen-bond acceptors (Lipinski definition) is 4. The van der Waals surface area contributed by atoms with Crippen molar-refractivity contribution in [3.8, 4) is 0 Å². The first-order chi connectivity index (χ1) is 9.22. The highest BCUT2D eigenvalue weighted by Gasteiger charge is 2.20. The zero-order valence-electron chi connectivity index (χ0n) is 11.6. The van der Waals surface area contributed by atoms with Gasteiger partial charge in [-0.2, -0.15) is 0 Å². The number of likely N-dealkylation sites (N-methyl/N-ethyl adjacent to an activating group) is 1. The van der Waals surface area contributed by atoms with Crippen LogP contribution in [0.4, 0.5) is 0 Å². The zero-order chi connectivity index (χ0) is 13.9. The molecule has 0 spiro atoms. The number of ether oxygens (including phenoxy) is 2. The first-order valence-electron chi connectivity index (χ1n) is 6.85. The molecule has 0 heterocycles. The second kappa shape index (κ2) is 9.75. The van der Waals surface area contributed by atoms with E-state index in [-0.39, 0.29) is 18.4 Å². The molecule has 6 heteroatoms. The molecule has 0 unspecified atom stereocenters. The minimum absolute atomic E-state index is 0.0536. The Morgan fingerprint density at radius 1 is 1.11 bits per heavy atom. The van der Waals surface area contributed by atoms with Crippen LogP contribution in [0, 0.1) is 5.92 Å². The fourth-order valence-electron chi connectivity index (χ4n) is 1.75. The van der Waals surface area contributed by atoms with E-state index < -0.39 is 0 Å². The van der Waals surface area contributed by atoms with Gasteiger partial charge in [-0.15, -0.1) is 0 Å². The average molecular weight is 272 g/mol. The van der Waals surface area contributed by atoms with Crippen molar-refractivity contribution >= 4 is 11.8 Å². The van der Waals surface area contributed by atoms with Gasteiger partial charge >= 0.3 is 0 Å². The van der Waals surface area contributed by atoms with Gasteiger partial charge in [0.15, 0.2) is 0 Å². The van der Waals surface area contributed by atoms with Crippen molar-refractivity contribution in [3.63, 3.8) is 0 Å². The lowest BCUT2D eigenvalue weighted by atomic mass is 9.83. The average Bonchev–Trinajstić information content (AvgIpc) is 2.36. The van der Waals surface area contributed by atoms with E-state index in [1.807, 2.05) is 0 Å². The molecule has 0 saturated heterocycles. The molecular weight excluding hydrogens is 248 g/mol. The van der Waals surface area contributed by atoms with Crippen LogP contribution >= 0.6 is 0 Å². The van der Waals surface area contributed by atoms with E-state index >= 15 is 0 Å². The molecule has 1 saturated carbocycles. The van der Waals surface area contributed by atoms with E-state index in [0.29, 0.717) is 38.7 Å². The Balaban J connectivity index is 1.80. The van der Waals surface area contributed by atoms with Crippen molar-refractivity contribution in [3.05, 3.63) is 0 Å². The van der Waals surface area contributed by atoms with Gasteiger partial charge in [-0.1, -0.05) is 6.42 Å². The lowest BCUT2D eigenvalue weighted by Gasteiger charge is -2.24. The first-order valence-corrected chi connectivity index (χ1v) is 6.85. The van der Waals surface area contributed by atoms with Crippen LogP contribution in [0.1, 0.15) is 25.7 Å². The lowest BCUT2D eigenvalue weighted by Crippen LogP contribution is -2.30. The van der Waals surface area contributed by atoms with Crippen LogP contribution in [0.5, 0.6) is 0 Å². The zero-order valence-corrected chi connectivity index (χ0v) is 11.6. The Morgan fingerprint density at radius 3 is 2.47 bits per heavy atom. The highest BCUT2D eigenvalue weighted by Crippen LogP contribution is 2.28. The van der Waals surface area contributed by atoms with Crippen LogP contribution in [0.25, 0.3) is 0 Å². The van der Waals surface area contributed by atoms with Gasteiger partial charge in [-0.25, -0.2) is 0 Å². The summed E-state index contributed by atoms with van der Waals surface area (Å²) in [6.45, 7) is 1.86. The van der Waals surface area contributed by atoms with E-state index in [9.17, 15) is 9.59 Å². The van der Waals surface area contributed by atoms with Gasteiger partial charge in [0.2, 0.25) is 11.8 Å². The third-order valence-corrected chi connectivity index (χ3v) is 3.15. The van der Waals surface area contributed by atoms with E-state index in [1.54, 1.807) is 7.05 Å². The Hall–Kier alpha value is -1.14. The minimum atomic E-state index is -0.150. The Labute approximate surface area is 114 Å². The number of carbonyl (C=O) groups excluding carboxylic acids is 2. The molecule has 0 aromatic rings. The molecule has 110 valence electrons. The van der Waals surface area contributed by atoms with Gasteiger partial charge in [-0.3, -0.25) is 9.59 Å². The molecule has 1 aliphatic carbocycles. The SMILES string of the molecule is CNC(=O)COCCOCCNC(=O)CC1CCC1. The summed E-state index contributed by atoms with van der Waals surface area (Å²) >= 11 is 0. The summed E-state index contributed by atoms with van der Waals surface area (Å²) in [4.78, 5) is 22.3. The quantitative estimate of drug-likeness (QED) is 0.552. The Kier molecular flexibility index (Phi) is 8.16. The number of nitrogens with one attached hydrogen (secondary N) is 2. The normalized spacial score (nSPS) is 14.8. The van der Waals surface area contributed by atoms with Gasteiger partial charge < -0.3 is 20.1 Å². The summed E-state index contributed by atoms with van der Waals surface area (Å²) in [7, 11) is 1.56. The van der Waals surface area contributed by atoms with Crippen LogP contribution in [0.15, 0.2) is 0 Å². The highest BCUT2D eigenvalue weighted by molar-refractivity contribution is 5.76. The van der Waals surface area contributed by atoms with Gasteiger partial charge in [0.25, 0.3) is 0 Å². The van der Waals surface area contributed by atoms with Crippen LogP contribution in [-0.2, 0) is 19.1 Å². The minimum Gasteiger partial charge on any atom is -0.377 e. The fraction of sp³-hybridized carbons (Fsp3) is 0.846. The molecule has 1 fully saturated rings. The van der Waals surface area contributed by atoms with E-state index in [4.69, 9.17) is 9.47 Å². The summed E-state index contributed by atoms with van der Waals surface area (Å²) in [5.41, 5.74) is 0. The number of amides is 2. The van der Waals surface area contributed by atoms with Crippen LogP contribution in [-0.4, -0.2) is 51.8 Å². The number of hydrogen-bond donors (Lipinski definition) is 2. The van der Waals surface area contributed by atoms with Gasteiger partial charge in [-0.05, 0) is 18.8 Å². The van der Waals surface area contributed by atoms with Crippen molar-refractivity contribution in [1.29, 1.82) is 0 Å². The van der Waals surface area contributed by atoms with E-state index in [0.717, 1.165) is 0 Å². The molecule has 0 bridgehead atoms. The second-order valence-corrected chi connectivity index (χ2v) is 4.69. The third-order valence-electron chi connectivity index (χ3n) is 3.15. The fourth-order valence-corrected chi connectivity index (χ4v) is 1.75. The molecular formula is C13H24N2O4. The molecule has 1 rings (SSSR count). The Morgan fingerprint density at radius 2 is 1.84 bits per heavy atom. The van der Waals surface area contributed by atoms with Crippen LogP contribution < -0.4 is 10.6 Å². The largest absolute Gasteiger partial charge is 0.377 e. The maximum atomic E-state index is 11.5. The molecule has 0 atom stereocenters. The van der Waals surface area contributed by atoms with Crippen molar-refractivity contribution in [2.24, 2.45) is 5.92 Å². The number of rotatable bonds is 10. The number of carbonyl (C=O) groups is 2. The molecule has 0 aromatic carbocycles. The van der Waals surface area contributed by atoms with Crippen molar-refractivity contribution in [2.75, 3.05) is 40.0 Å². The highest BCUT2D eigenvalue weighted by atomic mass is 16.5. The summed E-state index contributed by atoms with van der Waals surface area (Å²) < 4.78 is 10.3. The van der Waals surface area contributed by atoms with E-state index in [1.165, 1.54) is 19.3 Å². The molecule has 2 amide bonds.